The van der Waals surface area contributed by atoms with Crippen LogP contribution in [-0.2, 0) is 20.5 Å². The number of hydrogen-bond donors (Lipinski definition) is 0. The summed E-state index contributed by atoms with van der Waals surface area (Å²) in [6, 6.07) is 6.64. The van der Waals surface area contributed by atoms with E-state index in [9.17, 15) is 9.36 Å². The standard InChI is InChI=1S/C16H22Cl2NO4P/c1-3-10-19(11-9-17)24(18,21)23-15-7-5-14(6-8-15)13-16(20)22-12-4-2/h4-8H,2-3,9-13H2,1H3. The molecule has 8 heteroatoms. The molecule has 0 radical (unpaired) electrons. The van der Waals surface area contributed by atoms with Gasteiger partial charge in [-0.3, -0.25) is 4.79 Å². The molecule has 0 aromatic heterocycles. The van der Waals surface area contributed by atoms with Gasteiger partial charge in [0.15, 0.2) is 0 Å². The van der Waals surface area contributed by atoms with Gasteiger partial charge in [-0.15, -0.1) is 11.6 Å². The Labute approximate surface area is 152 Å². The van der Waals surface area contributed by atoms with Crippen LogP contribution >= 0.6 is 29.7 Å². The van der Waals surface area contributed by atoms with Crippen LogP contribution in [0.25, 0.3) is 0 Å². The van der Waals surface area contributed by atoms with E-state index >= 15 is 0 Å². The Balaban J connectivity index is 2.69. The highest BCUT2D eigenvalue weighted by Crippen LogP contribution is 2.55. The molecular weight excluding hydrogens is 372 g/mol. The van der Waals surface area contributed by atoms with Gasteiger partial charge in [0.2, 0.25) is 0 Å². The molecule has 0 fully saturated rings. The molecule has 0 aliphatic heterocycles. The first-order valence-corrected chi connectivity index (χ1v) is 10.6. The quantitative estimate of drug-likeness (QED) is 0.237. The van der Waals surface area contributed by atoms with Crippen molar-refractivity contribution in [1.82, 2.24) is 4.67 Å². The van der Waals surface area contributed by atoms with E-state index in [1.807, 2.05) is 6.92 Å². The molecule has 0 amide bonds. The molecule has 5 nitrogen and oxygen atoms in total. The fourth-order valence-electron chi connectivity index (χ4n) is 1.93. The van der Waals surface area contributed by atoms with Crippen LogP contribution < -0.4 is 4.52 Å². The Morgan fingerprint density at radius 3 is 2.54 bits per heavy atom. The fourth-order valence-corrected chi connectivity index (χ4v) is 4.22. The minimum Gasteiger partial charge on any atom is -0.461 e. The number of hydrogen-bond acceptors (Lipinski definition) is 4. The Hall–Kier alpha value is -1.00. The van der Waals surface area contributed by atoms with Crippen molar-refractivity contribution in [3.05, 3.63) is 42.5 Å². The molecule has 0 saturated carbocycles. The molecular formula is C16H22Cl2NO4P. The number of rotatable bonds is 11. The van der Waals surface area contributed by atoms with Crippen molar-refractivity contribution < 1.29 is 18.6 Å². The minimum absolute atomic E-state index is 0.140. The van der Waals surface area contributed by atoms with Crippen molar-refractivity contribution in [3.8, 4) is 5.75 Å². The zero-order valence-corrected chi connectivity index (χ0v) is 16.0. The third-order valence-electron chi connectivity index (χ3n) is 3.01. The van der Waals surface area contributed by atoms with Crippen LogP contribution in [0.4, 0.5) is 0 Å². The lowest BCUT2D eigenvalue weighted by Crippen LogP contribution is -2.23. The van der Waals surface area contributed by atoms with Crippen molar-refractivity contribution in [2.75, 3.05) is 25.6 Å². The highest BCUT2D eigenvalue weighted by molar-refractivity contribution is 7.83. The second-order valence-electron chi connectivity index (χ2n) is 4.98. The maximum atomic E-state index is 12.6. The molecule has 0 aliphatic rings. The first-order valence-electron chi connectivity index (χ1n) is 7.59. The van der Waals surface area contributed by atoms with E-state index in [-0.39, 0.29) is 19.0 Å². The van der Waals surface area contributed by atoms with Crippen molar-refractivity contribution >= 4 is 35.7 Å². The summed E-state index contributed by atoms with van der Waals surface area (Å²) in [4.78, 5) is 11.5. The Kier molecular flexibility index (Phi) is 9.45. The van der Waals surface area contributed by atoms with Crippen molar-refractivity contribution in [2.24, 2.45) is 0 Å². The summed E-state index contributed by atoms with van der Waals surface area (Å²) in [5, 5.41) is 0. The van der Waals surface area contributed by atoms with Crippen LogP contribution in [-0.4, -0.2) is 36.2 Å². The van der Waals surface area contributed by atoms with E-state index in [1.165, 1.54) is 6.08 Å². The average Bonchev–Trinajstić information content (AvgIpc) is 2.54. The smallest absolute Gasteiger partial charge is 0.411 e. The largest absolute Gasteiger partial charge is 0.461 e. The summed E-state index contributed by atoms with van der Waals surface area (Å²) >= 11 is 11.8. The molecule has 1 aromatic rings. The van der Waals surface area contributed by atoms with Crippen LogP contribution in [0.15, 0.2) is 36.9 Å². The maximum absolute atomic E-state index is 12.6. The van der Waals surface area contributed by atoms with Crippen LogP contribution in [0.3, 0.4) is 0 Å². The number of nitrogens with zero attached hydrogens (tertiary/aromatic N) is 1. The number of ether oxygens (including phenoxy) is 1. The first kappa shape index (κ1) is 21.0. The summed E-state index contributed by atoms with van der Waals surface area (Å²) in [7, 11) is 0. The first-order chi connectivity index (χ1) is 11.4. The van der Waals surface area contributed by atoms with E-state index in [0.29, 0.717) is 24.7 Å². The van der Waals surface area contributed by atoms with Gasteiger partial charge in [0.25, 0.3) is 0 Å². The van der Waals surface area contributed by atoms with Gasteiger partial charge in [-0.05, 0) is 24.1 Å². The molecule has 134 valence electrons. The normalized spacial score (nSPS) is 13.3. The van der Waals surface area contributed by atoms with Gasteiger partial charge < -0.3 is 9.26 Å². The van der Waals surface area contributed by atoms with E-state index < -0.39 is 6.87 Å². The highest BCUT2D eigenvalue weighted by atomic mass is 35.7. The van der Waals surface area contributed by atoms with Gasteiger partial charge in [0.05, 0.1) is 6.42 Å². The summed E-state index contributed by atoms with van der Waals surface area (Å²) < 4.78 is 24.5. The molecule has 0 N–H and O–H groups in total. The molecule has 1 unspecified atom stereocenters. The number of benzene rings is 1. The van der Waals surface area contributed by atoms with Crippen LogP contribution in [0.1, 0.15) is 18.9 Å². The molecule has 24 heavy (non-hydrogen) atoms. The highest BCUT2D eigenvalue weighted by Gasteiger charge is 2.30. The topological polar surface area (TPSA) is 55.8 Å². The second-order valence-corrected chi connectivity index (χ2v) is 8.29. The lowest BCUT2D eigenvalue weighted by molar-refractivity contribution is -0.141. The summed E-state index contributed by atoms with van der Waals surface area (Å²) in [5.74, 6) is 0.335. The predicted octanol–water partition coefficient (Wildman–Crippen LogP) is 4.63. The summed E-state index contributed by atoms with van der Waals surface area (Å²) in [6.07, 6.45) is 2.43. The van der Waals surface area contributed by atoms with Gasteiger partial charge in [-0.25, -0.2) is 9.24 Å². The zero-order valence-electron chi connectivity index (χ0n) is 13.6. The lowest BCUT2D eigenvalue weighted by Gasteiger charge is -2.25. The van der Waals surface area contributed by atoms with Crippen LogP contribution in [0.5, 0.6) is 5.75 Å². The molecule has 0 bridgehead atoms. The fraction of sp³-hybridized carbons (Fsp3) is 0.438. The number of alkyl halides is 1. The number of esters is 1. The second kappa shape index (κ2) is 10.8. The summed E-state index contributed by atoms with van der Waals surface area (Å²) in [6.45, 7) is 3.03. The number of carbonyl (C=O) groups is 1. The van der Waals surface area contributed by atoms with Gasteiger partial charge in [-0.1, -0.05) is 31.7 Å². The van der Waals surface area contributed by atoms with Gasteiger partial charge in [0, 0.05) is 30.2 Å². The SMILES string of the molecule is C=CCOC(=O)Cc1ccc(OP(=O)(Cl)N(CCC)CCCl)cc1. The average molecular weight is 394 g/mol. The molecule has 1 atom stereocenters. The van der Waals surface area contributed by atoms with E-state index in [1.54, 1.807) is 28.9 Å². The molecule has 0 heterocycles. The van der Waals surface area contributed by atoms with E-state index in [4.69, 9.17) is 32.1 Å². The number of carbonyl (C=O) groups excluding carboxylic acids is 1. The van der Waals surface area contributed by atoms with Gasteiger partial charge in [0.1, 0.15) is 12.4 Å². The van der Waals surface area contributed by atoms with Crippen molar-refractivity contribution in [2.45, 2.75) is 19.8 Å². The van der Waals surface area contributed by atoms with E-state index in [0.717, 1.165) is 12.0 Å². The Morgan fingerprint density at radius 2 is 2.00 bits per heavy atom. The molecule has 0 aliphatic carbocycles. The van der Waals surface area contributed by atoms with Gasteiger partial charge in [-0.2, -0.15) is 0 Å². The van der Waals surface area contributed by atoms with Crippen molar-refractivity contribution in [1.29, 1.82) is 0 Å². The monoisotopic (exact) mass is 393 g/mol. The Morgan fingerprint density at radius 1 is 1.33 bits per heavy atom. The third kappa shape index (κ3) is 7.27. The predicted molar refractivity (Wildman–Crippen MR) is 98.0 cm³/mol. The lowest BCUT2D eigenvalue weighted by atomic mass is 10.1. The molecule has 0 saturated heterocycles. The zero-order chi connectivity index (χ0) is 18.0. The minimum atomic E-state index is -3.50. The van der Waals surface area contributed by atoms with E-state index in [2.05, 4.69) is 6.58 Å². The maximum Gasteiger partial charge on any atom is 0.411 e. The number of halogens is 2. The summed E-state index contributed by atoms with van der Waals surface area (Å²) in [5.41, 5.74) is 0.756. The van der Waals surface area contributed by atoms with Crippen LogP contribution in [0, 0.1) is 0 Å². The van der Waals surface area contributed by atoms with Gasteiger partial charge >= 0.3 is 12.8 Å². The van der Waals surface area contributed by atoms with Crippen LogP contribution in [0.2, 0.25) is 0 Å². The third-order valence-corrected chi connectivity index (χ3v) is 5.54. The molecule has 0 spiro atoms. The molecule has 1 aromatic carbocycles. The molecule has 1 rings (SSSR count). The van der Waals surface area contributed by atoms with Crippen molar-refractivity contribution in [3.63, 3.8) is 0 Å². The Bertz CT molecular complexity index is 574.